The van der Waals surface area contributed by atoms with Crippen LogP contribution in [-0.2, 0) is 33.4 Å². The van der Waals surface area contributed by atoms with Crippen LogP contribution in [0, 0.1) is 28.6 Å². The highest BCUT2D eigenvalue weighted by Crippen LogP contribution is 2.65. The Labute approximate surface area is 287 Å². The first-order valence-electron chi connectivity index (χ1n) is 17.6. The molecule has 6 unspecified atom stereocenters. The lowest BCUT2D eigenvalue weighted by Crippen LogP contribution is -2.51. The van der Waals surface area contributed by atoms with E-state index in [4.69, 9.17) is 30.4 Å². The number of hydrogen-bond donors (Lipinski definition) is 3. The van der Waals surface area contributed by atoms with Crippen LogP contribution in [0.15, 0.2) is 23.8 Å². The van der Waals surface area contributed by atoms with Gasteiger partial charge in [0, 0.05) is 31.3 Å². The quantitative estimate of drug-likeness (QED) is 0.0770. The molecular formula is C37H50N2O10. The number of Topliss-reactive ketones (excluding diaryl/α,β-unsaturated/α-hetero) is 1. The minimum absolute atomic E-state index is 0.0326. The maximum atomic E-state index is 12.7. The van der Waals surface area contributed by atoms with Crippen LogP contribution in [0.5, 0.6) is 11.5 Å². The molecular weight excluding hydrogens is 632 g/mol. The summed E-state index contributed by atoms with van der Waals surface area (Å²) in [6.45, 7) is 5.33. The molecule has 1 aromatic carbocycles. The SMILES string of the molecule is CC12CCC(=O)C=C1CCC1C2CCC2(C)C(OC(=O)COCCOCCCC(=O)CCC(=O)Oc3ccc(N)c(O)c3C(N)=O)CCC12. The van der Waals surface area contributed by atoms with Crippen LogP contribution in [0.1, 0.15) is 101 Å². The fraction of sp³-hybridized carbons (Fsp3) is 0.649. The summed E-state index contributed by atoms with van der Waals surface area (Å²) in [6.07, 6.45) is 10.0. The van der Waals surface area contributed by atoms with E-state index in [2.05, 4.69) is 13.8 Å². The molecule has 12 nitrogen and oxygen atoms in total. The number of hydrogen-bond acceptors (Lipinski definition) is 11. The van der Waals surface area contributed by atoms with E-state index in [1.54, 1.807) is 0 Å². The van der Waals surface area contributed by atoms with Gasteiger partial charge in [0.25, 0.3) is 5.91 Å². The number of aromatic hydroxyl groups is 1. The maximum Gasteiger partial charge on any atom is 0.332 e. The van der Waals surface area contributed by atoms with Crippen LogP contribution >= 0.6 is 0 Å². The van der Waals surface area contributed by atoms with E-state index < -0.39 is 23.2 Å². The zero-order valence-corrected chi connectivity index (χ0v) is 28.6. The van der Waals surface area contributed by atoms with E-state index in [0.717, 1.165) is 44.9 Å². The van der Waals surface area contributed by atoms with E-state index in [1.807, 2.05) is 6.08 Å². The summed E-state index contributed by atoms with van der Waals surface area (Å²) in [5, 5.41) is 9.93. The van der Waals surface area contributed by atoms with Gasteiger partial charge in [0.15, 0.2) is 11.5 Å². The zero-order chi connectivity index (χ0) is 35.3. The summed E-state index contributed by atoms with van der Waals surface area (Å²) < 4.78 is 22.2. The van der Waals surface area contributed by atoms with E-state index in [0.29, 0.717) is 37.2 Å². The number of primary amides is 1. The molecule has 3 fully saturated rings. The van der Waals surface area contributed by atoms with Crippen LogP contribution in [0.2, 0.25) is 0 Å². The third-order valence-electron chi connectivity index (χ3n) is 11.7. The molecule has 0 radical (unpaired) electrons. The van der Waals surface area contributed by atoms with Crippen molar-refractivity contribution in [2.45, 2.75) is 97.0 Å². The fourth-order valence-corrected chi connectivity index (χ4v) is 9.10. The molecule has 1 aromatic rings. The van der Waals surface area contributed by atoms with Crippen molar-refractivity contribution >= 4 is 35.1 Å². The van der Waals surface area contributed by atoms with Gasteiger partial charge in [0.1, 0.15) is 29.8 Å². The van der Waals surface area contributed by atoms with Crippen LogP contribution in [0.3, 0.4) is 0 Å². The summed E-state index contributed by atoms with van der Waals surface area (Å²) in [4.78, 5) is 60.8. The number of nitrogen functional groups attached to an aromatic ring is 1. The van der Waals surface area contributed by atoms with Crippen LogP contribution in [0.4, 0.5) is 5.69 Å². The Balaban J connectivity index is 0.934. The smallest absolute Gasteiger partial charge is 0.332 e. The highest BCUT2D eigenvalue weighted by Gasteiger charge is 2.60. The normalized spacial score (nSPS) is 28.9. The molecule has 3 saturated carbocycles. The number of phenols is 1. The molecule has 1 amide bonds. The Bertz CT molecular complexity index is 1490. The lowest BCUT2D eigenvalue weighted by atomic mass is 9.47. The van der Waals surface area contributed by atoms with E-state index in [1.165, 1.54) is 17.7 Å². The van der Waals surface area contributed by atoms with Crippen molar-refractivity contribution in [3.63, 3.8) is 0 Å². The number of allylic oxidation sites excluding steroid dienone is 1. The van der Waals surface area contributed by atoms with Crippen LogP contribution < -0.4 is 16.2 Å². The average molecular weight is 683 g/mol. The predicted molar refractivity (Wildman–Crippen MR) is 178 cm³/mol. The third-order valence-corrected chi connectivity index (χ3v) is 11.7. The molecule has 6 atom stereocenters. The summed E-state index contributed by atoms with van der Waals surface area (Å²) in [5.74, 6) is -1.07. The Morgan fingerprint density at radius 3 is 2.45 bits per heavy atom. The average Bonchev–Trinajstić information content (AvgIpc) is 3.38. The number of rotatable bonds is 15. The summed E-state index contributed by atoms with van der Waals surface area (Å²) in [7, 11) is 0. The molecule has 0 aromatic heterocycles. The van der Waals surface area contributed by atoms with Crippen molar-refractivity contribution in [3.05, 3.63) is 29.3 Å². The Hall–Kier alpha value is -3.77. The van der Waals surface area contributed by atoms with Gasteiger partial charge in [0.05, 0.1) is 25.3 Å². The maximum absolute atomic E-state index is 12.7. The van der Waals surface area contributed by atoms with Gasteiger partial charge in [-0.05, 0) is 92.7 Å². The molecule has 12 heteroatoms. The molecule has 268 valence electrons. The molecule has 0 heterocycles. The first kappa shape index (κ1) is 36.5. The van der Waals surface area contributed by atoms with Gasteiger partial charge >= 0.3 is 11.9 Å². The number of carbonyl (C=O) groups is 5. The zero-order valence-electron chi connectivity index (χ0n) is 28.6. The monoisotopic (exact) mass is 682 g/mol. The number of nitrogens with two attached hydrogens (primary N) is 2. The Morgan fingerprint density at radius 2 is 1.67 bits per heavy atom. The van der Waals surface area contributed by atoms with Crippen molar-refractivity contribution in [1.82, 2.24) is 0 Å². The van der Waals surface area contributed by atoms with Crippen LogP contribution in [0.25, 0.3) is 0 Å². The van der Waals surface area contributed by atoms with Gasteiger partial charge in [-0.1, -0.05) is 19.4 Å². The van der Waals surface area contributed by atoms with Gasteiger partial charge in [-0.2, -0.15) is 0 Å². The van der Waals surface area contributed by atoms with Gasteiger partial charge in [-0.3, -0.25) is 19.2 Å². The lowest BCUT2D eigenvalue weighted by Gasteiger charge is -2.57. The minimum atomic E-state index is -1.01. The number of ether oxygens (including phenoxy) is 4. The van der Waals surface area contributed by atoms with Crippen molar-refractivity contribution in [2.24, 2.45) is 34.3 Å². The highest BCUT2D eigenvalue weighted by atomic mass is 16.6. The minimum Gasteiger partial charge on any atom is -0.505 e. The van der Waals surface area contributed by atoms with Crippen LogP contribution in [-0.4, -0.2) is 67.1 Å². The second-order valence-electron chi connectivity index (χ2n) is 14.6. The third kappa shape index (κ3) is 8.01. The molecule has 4 aliphatic carbocycles. The molecule has 0 spiro atoms. The standard InChI is InChI=1S/C37H50N2O10/c1-36-15-13-24(41)20-22(36)5-7-25-26-8-11-30(37(26,2)16-14-27(25)36)49-32(43)21-47-19-18-46-17-3-4-23(40)6-12-31(42)48-29-10-9-28(38)34(44)33(29)35(39)45/h9-10,20,25-27,30,44H,3-8,11-19,21,38H2,1-2H3,(H2,39,45). The van der Waals surface area contributed by atoms with Crippen molar-refractivity contribution < 1.29 is 48.0 Å². The molecule has 0 bridgehead atoms. The molecule has 0 saturated heterocycles. The number of amides is 1. The topological polar surface area (TPSA) is 195 Å². The van der Waals surface area contributed by atoms with E-state index in [-0.39, 0.29) is 85.0 Å². The number of esters is 2. The van der Waals surface area contributed by atoms with Gasteiger partial charge < -0.3 is 35.5 Å². The summed E-state index contributed by atoms with van der Waals surface area (Å²) >= 11 is 0. The Morgan fingerprint density at radius 1 is 0.898 bits per heavy atom. The summed E-state index contributed by atoms with van der Waals surface area (Å²) in [5.41, 5.74) is 11.8. The molecule has 5 N–H and O–H groups in total. The molecule has 4 aliphatic rings. The second-order valence-corrected chi connectivity index (χ2v) is 14.6. The van der Waals surface area contributed by atoms with Crippen molar-refractivity contribution in [1.29, 1.82) is 0 Å². The largest absolute Gasteiger partial charge is 0.505 e. The Kier molecular flexibility index (Phi) is 11.5. The molecule has 5 rings (SSSR count). The number of ketones is 2. The second kappa shape index (κ2) is 15.4. The first-order valence-corrected chi connectivity index (χ1v) is 17.6. The first-order chi connectivity index (χ1) is 23.3. The van der Waals surface area contributed by atoms with Gasteiger partial charge in [-0.25, -0.2) is 4.79 Å². The van der Waals surface area contributed by atoms with Gasteiger partial charge in [0.2, 0.25) is 0 Å². The van der Waals surface area contributed by atoms with Crippen molar-refractivity contribution in [2.75, 3.05) is 32.2 Å². The number of carbonyl (C=O) groups excluding carboxylic acids is 5. The molecule has 49 heavy (non-hydrogen) atoms. The van der Waals surface area contributed by atoms with Crippen molar-refractivity contribution in [3.8, 4) is 11.5 Å². The lowest BCUT2D eigenvalue weighted by molar-refractivity contribution is -0.165. The van der Waals surface area contributed by atoms with E-state index in [9.17, 15) is 29.1 Å². The highest BCUT2D eigenvalue weighted by molar-refractivity contribution is 6.01. The van der Waals surface area contributed by atoms with Gasteiger partial charge in [-0.15, -0.1) is 0 Å². The number of fused-ring (bicyclic) bond motifs is 5. The number of benzene rings is 1. The summed E-state index contributed by atoms with van der Waals surface area (Å²) in [6, 6.07) is 2.52. The fourth-order valence-electron chi connectivity index (χ4n) is 9.10. The predicted octanol–water partition coefficient (Wildman–Crippen LogP) is 4.59. The molecule has 0 aliphatic heterocycles. The van der Waals surface area contributed by atoms with E-state index >= 15 is 0 Å². The number of anilines is 1.